The van der Waals surface area contributed by atoms with Crippen molar-refractivity contribution in [1.82, 2.24) is 4.40 Å². The van der Waals surface area contributed by atoms with Crippen LogP contribution in [0.4, 0.5) is 0 Å². The van der Waals surface area contributed by atoms with Gasteiger partial charge in [0.15, 0.2) is 0 Å². The molecule has 5 fully saturated rings. The maximum Gasteiger partial charge on any atom is 0.0995 e. The maximum atomic E-state index is 11.7. The van der Waals surface area contributed by atoms with Gasteiger partial charge in [0.1, 0.15) is 0 Å². The average molecular weight is 996 g/mol. The quantitative estimate of drug-likeness (QED) is 0.142. The SMILES string of the molecule is N#Cc1cc2c(c3c1C1c4ccccc4C3c3ccccc31)c1cc3c4cc5c(cc4c4c(c3c3c6c7c(c(C#N)cc6n2c13)C1c2ccccc2C7c2ccccc21)C1CC2CC(CC4C2)C1)C1CC2CC3CC5CC23C1. The molecule has 0 saturated heterocycles. The molecule has 2 heterocycles. The van der Waals surface area contributed by atoms with Crippen molar-refractivity contribution in [3.05, 3.63) is 228 Å². The van der Waals surface area contributed by atoms with E-state index >= 15 is 0 Å². The molecule has 368 valence electrons. The highest BCUT2D eigenvalue weighted by Crippen LogP contribution is 2.76. The van der Waals surface area contributed by atoms with E-state index in [0.29, 0.717) is 29.1 Å². The molecule has 7 unspecified atom stereocenters. The van der Waals surface area contributed by atoms with Crippen molar-refractivity contribution < 1.29 is 0 Å². The second-order valence-electron chi connectivity index (χ2n) is 27.5. The fourth-order valence-corrected chi connectivity index (χ4v) is 22.9. The Bertz CT molecular complexity index is 4790. The summed E-state index contributed by atoms with van der Waals surface area (Å²) >= 11 is 0. The van der Waals surface area contributed by atoms with Crippen molar-refractivity contribution in [2.75, 3.05) is 0 Å². The van der Waals surface area contributed by atoms with Gasteiger partial charge in [-0.05, 0) is 252 Å². The van der Waals surface area contributed by atoms with Crippen LogP contribution in [0.2, 0.25) is 0 Å². The Kier molecular flexibility index (Phi) is 6.78. The van der Waals surface area contributed by atoms with Gasteiger partial charge in [0, 0.05) is 45.2 Å². The highest BCUT2D eigenvalue weighted by atomic mass is 14.9. The second-order valence-corrected chi connectivity index (χ2v) is 27.5. The molecule has 3 nitrogen and oxygen atoms in total. The molecule has 3 heteroatoms. The Morgan fingerprint density at radius 1 is 0.359 bits per heavy atom. The van der Waals surface area contributed by atoms with Gasteiger partial charge in [-0.15, -0.1) is 0 Å². The van der Waals surface area contributed by atoms with E-state index in [1.165, 1.54) is 174 Å². The van der Waals surface area contributed by atoms with Crippen molar-refractivity contribution in [2.45, 2.75) is 112 Å². The van der Waals surface area contributed by atoms with Crippen molar-refractivity contribution >= 4 is 59.6 Å². The van der Waals surface area contributed by atoms with Gasteiger partial charge < -0.3 is 4.40 Å². The van der Waals surface area contributed by atoms with Crippen LogP contribution in [0, 0.1) is 51.7 Å². The van der Waals surface area contributed by atoms with Gasteiger partial charge in [-0.3, -0.25) is 0 Å². The molecule has 5 saturated carbocycles. The molecule has 11 bridgehead atoms. The molecular weight excluding hydrogens is 943 g/mol. The first-order valence-corrected chi connectivity index (χ1v) is 30.1. The van der Waals surface area contributed by atoms with Gasteiger partial charge in [-0.1, -0.05) is 103 Å². The van der Waals surface area contributed by atoms with Gasteiger partial charge in [0.25, 0.3) is 0 Å². The van der Waals surface area contributed by atoms with E-state index in [2.05, 4.69) is 144 Å². The van der Waals surface area contributed by atoms with E-state index in [1.807, 2.05) is 0 Å². The van der Waals surface area contributed by atoms with E-state index in [9.17, 15) is 10.5 Å². The van der Waals surface area contributed by atoms with Crippen LogP contribution in [0.3, 0.4) is 0 Å². The van der Waals surface area contributed by atoms with Gasteiger partial charge in [-0.2, -0.15) is 10.5 Å². The third kappa shape index (κ3) is 4.23. The van der Waals surface area contributed by atoms with E-state index in [-0.39, 0.29) is 23.7 Å². The lowest BCUT2D eigenvalue weighted by molar-refractivity contribution is 0.00322. The van der Waals surface area contributed by atoms with Crippen LogP contribution < -0.4 is 0 Å². The van der Waals surface area contributed by atoms with Crippen LogP contribution in [0.25, 0.3) is 59.6 Å². The lowest BCUT2D eigenvalue weighted by Crippen LogP contribution is -2.41. The summed E-state index contributed by atoms with van der Waals surface area (Å²) in [6.45, 7) is 0. The minimum atomic E-state index is -0.0248. The largest absolute Gasteiger partial charge is 0.308 e. The summed E-state index contributed by atoms with van der Waals surface area (Å²) in [7, 11) is 0. The van der Waals surface area contributed by atoms with Gasteiger partial charge in [-0.25, -0.2) is 0 Å². The molecule has 0 amide bonds. The molecule has 2 aromatic heterocycles. The van der Waals surface area contributed by atoms with E-state index in [4.69, 9.17) is 0 Å². The number of hydrogen-bond acceptors (Lipinski definition) is 2. The fraction of sp³-hybridized carbons (Fsp3) is 0.307. The van der Waals surface area contributed by atoms with Crippen molar-refractivity contribution in [3.63, 3.8) is 0 Å². The number of benzene rings is 9. The summed E-state index contributed by atoms with van der Waals surface area (Å²) in [4.78, 5) is 0. The third-order valence-electron chi connectivity index (χ3n) is 24.9. The molecular formula is C75H53N3. The molecule has 9 aromatic carbocycles. The number of nitrogens with zero attached hydrogens (tertiary/aromatic N) is 3. The molecule has 11 aromatic rings. The first kappa shape index (κ1) is 40.5. The summed E-state index contributed by atoms with van der Waals surface area (Å²) < 4.78 is 2.63. The molecule has 78 heavy (non-hydrogen) atoms. The number of nitriles is 2. The lowest BCUT2D eigenvalue weighted by atomic mass is 9.56. The summed E-state index contributed by atoms with van der Waals surface area (Å²) in [6, 6.07) is 55.7. The highest BCUT2D eigenvalue weighted by Gasteiger charge is 2.65. The fourth-order valence-electron chi connectivity index (χ4n) is 22.9. The average Bonchev–Trinajstić information content (AvgIpc) is 2.87. The van der Waals surface area contributed by atoms with Gasteiger partial charge in [0.05, 0.1) is 39.8 Å². The molecule has 14 aliphatic rings. The zero-order valence-electron chi connectivity index (χ0n) is 43.5. The van der Waals surface area contributed by atoms with E-state index in [1.54, 1.807) is 27.6 Å². The Balaban J connectivity index is 0.989. The molecule has 1 spiro atoms. The maximum absolute atomic E-state index is 11.7. The number of hydrogen-bond donors (Lipinski definition) is 0. The van der Waals surface area contributed by atoms with Crippen LogP contribution in [0.5, 0.6) is 0 Å². The molecule has 0 aliphatic heterocycles. The van der Waals surface area contributed by atoms with E-state index < -0.39 is 0 Å². The highest BCUT2D eigenvalue weighted by molar-refractivity contribution is 6.36. The molecule has 0 N–H and O–H groups in total. The zero-order chi connectivity index (χ0) is 50.1. The van der Waals surface area contributed by atoms with E-state index in [0.717, 1.165) is 45.8 Å². The summed E-state index contributed by atoms with van der Waals surface area (Å²) in [6.07, 6.45) is 13.8. The molecule has 14 aliphatic carbocycles. The summed E-state index contributed by atoms with van der Waals surface area (Å²) in [5.74, 6) is 5.82. The Morgan fingerprint density at radius 2 is 0.808 bits per heavy atom. The van der Waals surface area contributed by atoms with Gasteiger partial charge >= 0.3 is 0 Å². The number of aromatic nitrogens is 1. The van der Waals surface area contributed by atoms with Crippen molar-refractivity contribution in [2.24, 2.45) is 29.1 Å². The lowest BCUT2D eigenvalue weighted by Gasteiger charge is -2.48. The number of rotatable bonds is 0. The standard InChI is InChI=1S/C75H53N3/c76-32-40-24-58-68(71-62(40)64-44-9-1-5-13-48(44)66(71)49-14-6-2-10-45(49)64)57-29-56-54-27-52-38-22-42-26-43-23-39(31-75(42,43)30-38)53(52)28-55(54)60-36-18-34-17-35(19-36)21-37(20-34)61(60)69(56)73-70-59(78(58)74(57)73)25-41(33-77)63-65-46-11-3-7-15-50(46)67(72(63)70)51-16-8-4-12-47(51)65/h1-16,24-25,27-29,34-39,42-43,64-67H,17-23,26,30-31H2. The van der Waals surface area contributed by atoms with Gasteiger partial charge in [0.2, 0.25) is 0 Å². The van der Waals surface area contributed by atoms with Crippen molar-refractivity contribution in [1.29, 1.82) is 10.5 Å². The summed E-state index contributed by atoms with van der Waals surface area (Å²) in [5, 5.41) is 35.0. The smallest absolute Gasteiger partial charge is 0.0995 e. The van der Waals surface area contributed by atoms with Crippen LogP contribution in [0.1, 0.15) is 212 Å². The predicted molar refractivity (Wildman–Crippen MR) is 309 cm³/mol. The zero-order valence-corrected chi connectivity index (χ0v) is 43.5. The summed E-state index contributed by atoms with van der Waals surface area (Å²) in [5.41, 5.74) is 28.7. The third-order valence-corrected chi connectivity index (χ3v) is 24.9. The molecule has 0 radical (unpaired) electrons. The Hall–Kier alpha value is -7.72. The van der Waals surface area contributed by atoms with Crippen molar-refractivity contribution in [3.8, 4) is 12.1 Å². The van der Waals surface area contributed by atoms with Crippen LogP contribution in [-0.2, 0) is 0 Å². The normalized spacial score (nSPS) is 31.4. The minimum Gasteiger partial charge on any atom is -0.308 e. The van der Waals surface area contributed by atoms with Crippen LogP contribution >= 0.6 is 0 Å². The minimum absolute atomic E-state index is 0.00544. The first-order valence-electron chi connectivity index (χ1n) is 30.1. The van der Waals surface area contributed by atoms with Crippen LogP contribution in [0.15, 0.2) is 127 Å². The van der Waals surface area contributed by atoms with Crippen LogP contribution in [-0.4, -0.2) is 4.40 Å². The first-order chi connectivity index (χ1) is 38.5. The molecule has 7 atom stereocenters. The number of fused-ring (bicyclic) bond motifs is 15. The Labute approximate surface area is 452 Å². The monoisotopic (exact) mass is 995 g/mol. The molecule has 25 rings (SSSR count). The predicted octanol–water partition coefficient (Wildman–Crippen LogP) is 17.6. The Morgan fingerprint density at radius 3 is 1.31 bits per heavy atom. The second kappa shape index (κ2) is 13.1. The topological polar surface area (TPSA) is 52.0 Å².